The maximum absolute atomic E-state index is 11.2. The standard InChI is InChI=1S/C6H12O2.C4H5F3O2/c1-5(7)8-6(2,3)4;1-2-9-3(8)4(5,6)7/h1-4H3;2H2,1H3. The Morgan fingerprint density at radius 1 is 1.12 bits per heavy atom. The molecule has 0 saturated heterocycles. The molecule has 0 aliphatic rings. The lowest BCUT2D eigenvalue weighted by Gasteiger charge is -2.17. The van der Waals surface area contributed by atoms with Crippen molar-refractivity contribution in [1.82, 2.24) is 0 Å². The summed E-state index contributed by atoms with van der Waals surface area (Å²) in [6.45, 7) is 7.99. The van der Waals surface area contributed by atoms with Gasteiger partial charge >= 0.3 is 18.1 Å². The van der Waals surface area contributed by atoms with Crippen LogP contribution in [0.2, 0.25) is 0 Å². The molecule has 0 radical (unpaired) electrons. The summed E-state index contributed by atoms with van der Waals surface area (Å²) in [5.74, 6) is -2.36. The summed E-state index contributed by atoms with van der Waals surface area (Å²) in [4.78, 5) is 20.0. The van der Waals surface area contributed by atoms with Gasteiger partial charge in [-0.05, 0) is 27.7 Å². The van der Waals surface area contributed by atoms with Gasteiger partial charge in [0.2, 0.25) is 0 Å². The largest absolute Gasteiger partial charge is 0.490 e. The molecule has 0 heterocycles. The minimum absolute atomic E-state index is 0.225. The van der Waals surface area contributed by atoms with Gasteiger partial charge in [-0.2, -0.15) is 13.2 Å². The molecule has 0 spiro atoms. The molecular formula is C10H17F3O4. The molecule has 102 valence electrons. The minimum atomic E-state index is -4.85. The monoisotopic (exact) mass is 258 g/mol. The zero-order chi connectivity index (χ0) is 14.3. The van der Waals surface area contributed by atoms with Crippen molar-refractivity contribution in [3.8, 4) is 0 Å². The quantitative estimate of drug-likeness (QED) is 0.678. The molecule has 0 aliphatic heterocycles. The smallest absolute Gasteiger partial charge is 0.460 e. The van der Waals surface area contributed by atoms with Crippen LogP contribution in [-0.4, -0.2) is 30.3 Å². The van der Waals surface area contributed by atoms with Crippen LogP contribution in [0.25, 0.3) is 0 Å². The lowest BCUT2D eigenvalue weighted by atomic mass is 10.2. The van der Waals surface area contributed by atoms with Crippen LogP contribution in [0.4, 0.5) is 13.2 Å². The van der Waals surface area contributed by atoms with Crippen LogP contribution in [0.5, 0.6) is 0 Å². The van der Waals surface area contributed by atoms with E-state index in [2.05, 4.69) is 4.74 Å². The molecule has 0 aromatic heterocycles. The second kappa shape index (κ2) is 7.13. The first-order valence-corrected chi connectivity index (χ1v) is 4.83. The van der Waals surface area contributed by atoms with Gasteiger partial charge in [0, 0.05) is 6.92 Å². The molecule has 0 saturated carbocycles. The highest BCUT2D eigenvalue weighted by molar-refractivity contribution is 5.75. The van der Waals surface area contributed by atoms with Gasteiger partial charge in [-0.1, -0.05) is 0 Å². The second-order valence-corrected chi connectivity index (χ2v) is 3.92. The van der Waals surface area contributed by atoms with Crippen molar-refractivity contribution in [2.75, 3.05) is 6.61 Å². The van der Waals surface area contributed by atoms with Gasteiger partial charge in [-0.15, -0.1) is 0 Å². The zero-order valence-corrected chi connectivity index (χ0v) is 10.5. The van der Waals surface area contributed by atoms with Crippen molar-refractivity contribution < 1.29 is 32.2 Å². The molecule has 0 bridgehead atoms. The fraction of sp³-hybridized carbons (Fsp3) is 0.800. The summed E-state index contributed by atoms with van der Waals surface area (Å²) >= 11 is 0. The van der Waals surface area contributed by atoms with Crippen LogP contribution in [-0.2, 0) is 19.1 Å². The van der Waals surface area contributed by atoms with E-state index in [1.165, 1.54) is 13.8 Å². The van der Waals surface area contributed by atoms with Crippen LogP contribution >= 0.6 is 0 Å². The van der Waals surface area contributed by atoms with Crippen LogP contribution in [0.1, 0.15) is 34.6 Å². The van der Waals surface area contributed by atoms with Crippen LogP contribution in [0.15, 0.2) is 0 Å². The Morgan fingerprint density at radius 2 is 1.53 bits per heavy atom. The zero-order valence-electron chi connectivity index (χ0n) is 10.5. The van der Waals surface area contributed by atoms with E-state index in [9.17, 15) is 22.8 Å². The van der Waals surface area contributed by atoms with E-state index in [1.807, 2.05) is 20.8 Å². The second-order valence-electron chi connectivity index (χ2n) is 3.92. The summed E-state index contributed by atoms with van der Waals surface area (Å²) in [6.07, 6.45) is -4.85. The number of carbonyl (C=O) groups is 2. The maximum Gasteiger partial charge on any atom is 0.490 e. The predicted molar refractivity (Wildman–Crippen MR) is 54.2 cm³/mol. The fourth-order valence-electron chi connectivity index (χ4n) is 0.644. The highest BCUT2D eigenvalue weighted by Gasteiger charge is 2.40. The molecule has 0 aromatic rings. The predicted octanol–water partition coefficient (Wildman–Crippen LogP) is 2.46. The Labute approximate surface area is 98.1 Å². The Bertz CT molecular complexity index is 253. The number of hydrogen-bond acceptors (Lipinski definition) is 4. The first-order valence-electron chi connectivity index (χ1n) is 4.83. The van der Waals surface area contributed by atoms with E-state index < -0.39 is 12.1 Å². The third-order valence-corrected chi connectivity index (χ3v) is 0.957. The van der Waals surface area contributed by atoms with Crippen molar-refractivity contribution in [3.63, 3.8) is 0 Å². The van der Waals surface area contributed by atoms with Crippen LogP contribution < -0.4 is 0 Å². The fourth-order valence-corrected chi connectivity index (χ4v) is 0.644. The highest BCUT2D eigenvalue weighted by atomic mass is 19.4. The van der Waals surface area contributed by atoms with Crippen molar-refractivity contribution in [1.29, 1.82) is 0 Å². The average molecular weight is 258 g/mol. The van der Waals surface area contributed by atoms with Gasteiger partial charge in [0.05, 0.1) is 6.61 Å². The number of esters is 2. The Kier molecular flexibility index (Phi) is 7.60. The van der Waals surface area contributed by atoms with E-state index in [0.29, 0.717) is 0 Å². The first-order chi connectivity index (χ1) is 7.40. The molecule has 0 aromatic carbocycles. The van der Waals surface area contributed by atoms with Crippen molar-refractivity contribution in [2.45, 2.75) is 46.4 Å². The topological polar surface area (TPSA) is 52.6 Å². The van der Waals surface area contributed by atoms with E-state index in [0.717, 1.165) is 0 Å². The third kappa shape index (κ3) is 14.7. The summed E-state index contributed by atoms with van der Waals surface area (Å²) < 4.78 is 41.9. The molecular weight excluding hydrogens is 241 g/mol. The first kappa shape index (κ1) is 18.1. The highest BCUT2D eigenvalue weighted by Crippen LogP contribution is 2.15. The molecule has 0 atom stereocenters. The van der Waals surface area contributed by atoms with Gasteiger partial charge in [-0.3, -0.25) is 4.79 Å². The molecule has 17 heavy (non-hydrogen) atoms. The number of halogens is 3. The number of ether oxygens (including phenoxy) is 2. The SMILES string of the molecule is CC(=O)OC(C)(C)C.CCOC(=O)C(F)(F)F. The average Bonchev–Trinajstić information content (AvgIpc) is 1.98. The summed E-state index contributed by atoms with van der Waals surface area (Å²) in [5.41, 5.74) is -0.328. The van der Waals surface area contributed by atoms with E-state index in [1.54, 1.807) is 0 Å². The number of carbonyl (C=O) groups excluding carboxylic acids is 2. The lowest BCUT2D eigenvalue weighted by molar-refractivity contribution is -0.199. The molecule has 0 amide bonds. The van der Waals surface area contributed by atoms with Crippen LogP contribution in [0.3, 0.4) is 0 Å². The van der Waals surface area contributed by atoms with Crippen LogP contribution in [0, 0.1) is 0 Å². The number of alkyl halides is 3. The van der Waals surface area contributed by atoms with Crippen molar-refractivity contribution in [3.05, 3.63) is 0 Å². The molecule has 4 nitrogen and oxygen atoms in total. The number of rotatable bonds is 1. The summed E-state index contributed by atoms with van der Waals surface area (Å²) in [5, 5.41) is 0. The number of hydrogen-bond donors (Lipinski definition) is 0. The Balaban J connectivity index is 0. The molecule has 0 N–H and O–H groups in total. The van der Waals surface area contributed by atoms with E-state index in [-0.39, 0.29) is 18.2 Å². The molecule has 7 heteroatoms. The van der Waals surface area contributed by atoms with Gasteiger partial charge in [0.15, 0.2) is 0 Å². The van der Waals surface area contributed by atoms with Crippen molar-refractivity contribution >= 4 is 11.9 Å². The van der Waals surface area contributed by atoms with Gasteiger partial charge in [0.1, 0.15) is 5.60 Å². The summed E-state index contributed by atoms with van der Waals surface area (Å²) in [6, 6.07) is 0. The van der Waals surface area contributed by atoms with Crippen molar-refractivity contribution in [2.24, 2.45) is 0 Å². The van der Waals surface area contributed by atoms with E-state index in [4.69, 9.17) is 4.74 Å². The normalized spacial score (nSPS) is 11.1. The van der Waals surface area contributed by atoms with Gasteiger partial charge in [-0.25, -0.2) is 4.79 Å². The van der Waals surface area contributed by atoms with Gasteiger partial charge < -0.3 is 9.47 Å². The molecule has 0 rings (SSSR count). The third-order valence-electron chi connectivity index (χ3n) is 0.957. The Hall–Kier alpha value is -1.27. The minimum Gasteiger partial charge on any atom is -0.460 e. The summed E-state index contributed by atoms with van der Waals surface area (Å²) in [7, 11) is 0. The lowest BCUT2D eigenvalue weighted by Crippen LogP contribution is -2.25. The Morgan fingerprint density at radius 3 is 1.59 bits per heavy atom. The van der Waals surface area contributed by atoms with Gasteiger partial charge in [0.25, 0.3) is 0 Å². The van der Waals surface area contributed by atoms with E-state index >= 15 is 0 Å². The maximum atomic E-state index is 11.2. The molecule has 0 unspecified atom stereocenters. The molecule has 0 aliphatic carbocycles. The molecule has 0 fully saturated rings.